The maximum atomic E-state index is 5.76. The molecule has 0 spiro atoms. The van der Waals surface area contributed by atoms with Crippen LogP contribution in [-0.4, -0.2) is 9.97 Å². The van der Waals surface area contributed by atoms with Crippen LogP contribution in [0.25, 0.3) is 83.8 Å². The first kappa shape index (κ1) is 38.1. The zero-order chi connectivity index (χ0) is 42.3. The predicted molar refractivity (Wildman–Crippen MR) is 266 cm³/mol. The summed E-state index contributed by atoms with van der Waals surface area (Å²) < 4.78 is 0. The Hall–Kier alpha value is -7.88. The molecule has 63 heavy (non-hydrogen) atoms. The Bertz CT molecular complexity index is 3340. The minimum atomic E-state index is 0.845. The van der Waals surface area contributed by atoms with E-state index in [0.29, 0.717) is 0 Å². The van der Waals surface area contributed by atoms with Gasteiger partial charge < -0.3 is 4.90 Å². The normalized spacial score (nSPS) is 12.1. The molecule has 0 aliphatic heterocycles. The number of benzene rings is 9. The second-order valence-corrected chi connectivity index (χ2v) is 16.5. The number of nitrogens with zero attached hydrogens (tertiary/aromatic N) is 3. The van der Waals surface area contributed by atoms with Gasteiger partial charge in [-0.2, -0.15) is 0 Å². The molecule has 0 saturated carbocycles. The third-order valence-electron chi connectivity index (χ3n) is 12.6. The first-order valence-corrected chi connectivity index (χ1v) is 21.9. The van der Waals surface area contributed by atoms with Crippen LogP contribution in [-0.2, 0) is 6.42 Å². The highest BCUT2D eigenvalue weighted by molar-refractivity contribution is 6.08. The van der Waals surface area contributed by atoms with Crippen molar-refractivity contribution in [1.29, 1.82) is 0 Å². The number of aromatic nitrogens is 2. The predicted octanol–water partition coefficient (Wildman–Crippen LogP) is 16.2. The second kappa shape index (κ2) is 16.2. The van der Waals surface area contributed by atoms with Gasteiger partial charge >= 0.3 is 0 Å². The summed E-state index contributed by atoms with van der Waals surface area (Å²) in [7, 11) is 0. The van der Waals surface area contributed by atoms with Crippen LogP contribution in [0.2, 0.25) is 0 Å². The molecule has 0 saturated heterocycles. The molecule has 1 heterocycles. The standard InChI is InChI=1S/C60H45N3/c1-40-17-9-12-26-49(40)56-39-48(34-31-41(56)2)63(46-24-7-4-8-25-46)47-35-32-45(33-36-47)58-57(44-20-5-3-6-21-44)61-59-54(52-29-15-22-42-18-10-13-27-50(42)52)37-38-55(60(59)62-58)53-30-16-23-43-19-11-14-28-51(43)53/h3-9,11-17,19-39H,10,18H2,1-2H3. The van der Waals surface area contributed by atoms with Gasteiger partial charge in [0.1, 0.15) is 0 Å². The lowest BCUT2D eigenvalue weighted by Crippen LogP contribution is -2.10. The Morgan fingerprint density at radius 1 is 0.413 bits per heavy atom. The van der Waals surface area contributed by atoms with Crippen molar-refractivity contribution in [3.8, 4) is 55.9 Å². The lowest BCUT2D eigenvalue weighted by Gasteiger charge is -2.27. The Morgan fingerprint density at radius 3 is 1.76 bits per heavy atom. The lowest BCUT2D eigenvalue weighted by atomic mass is 9.88. The molecular formula is C60H45N3. The van der Waals surface area contributed by atoms with E-state index < -0.39 is 0 Å². The molecule has 0 unspecified atom stereocenters. The summed E-state index contributed by atoms with van der Waals surface area (Å²) in [5.74, 6) is 0. The average Bonchev–Trinajstić information content (AvgIpc) is 3.34. The highest BCUT2D eigenvalue weighted by Gasteiger charge is 2.22. The number of anilines is 3. The molecule has 0 atom stereocenters. The van der Waals surface area contributed by atoms with Gasteiger partial charge in [-0.3, -0.25) is 0 Å². The number of hydrogen-bond acceptors (Lipinski definition) is 3. The largest absolute Gasteiger partial charge is 0.310 e. The molecule has 9 aromatic carbocycles. The van der Waals surface area contributed by atoms with E-state index >= 15 is 0 Å². The Morgan fingerprint density at radius 2 is 0.984 bits per heavy atom. The zero-order valence-electron chi connectivity index (χ0n) is 35.5. The molecule has 300 valence electrons. The van der Waals surface area contributed by atoms with Gasteiger partial charge in [0.25, 0.3) is 0 Å². The van der Waals surface area contributed by atoms with Crippen LogP contribution in [0.1, 0.15) is 28.7 Å². The summed E-state index contributed by atoms with van der Waals surface area (Å²) in [5.41, 5.74) is 20.9. The fraction of sp³-hybridized carbons (Fsp3) is 0.0667. The van der Waals surface area contributed by atoms with E-state index in [2.05, 4.69) is 231 Å². The molecule has 1 aromatic heterocycles. The van der Waals surface area contributed by atoms with Gasteiger partial charge in [0.05, 0.1) is 22.4 Å². The van der Waals surface area contributed by atoms with Gasteiger partial charge in [0, 0.05) is 39.3 Å². The quantitative estimate of drug-likeness (QED) is 0.153. The number of hydrogen-bond donors (Lipinski definition) is 0. The monoisotopic (exact) mass is 807 g/mol. The molecule has 0 fully saturated rings. The van der Waals surface area contributed by atoms with Gasteiger partial charge in [-0.1, -0.05) is 176 Å². The van der Waals surface area contributed by atoms with Gasteiger partial charge in [-0.15, -0.1) is 0 Å². The van der Waals surface area contributed by atoms with E-state index in [1.807, 2.05) is 0 Å². The molecule has 3 heteroatoms. The molecule has 3 nitrogen and oxygen atoms in total. The third-order valence-corrected chi connectivity index (χ3v) is 12.6. The van der Waals surface area contributed by atoms with Crippen LogP contribution < -0.4 is 4.90 Å². The summed E-state index contributed by atoms with van der Waals surface area (Å²) in [6, 6.07) is 71.9. The number of rotatable bonds is 8. The summed E-state index contributed by atoms with van der Waals surface area (Å²) in [6.45, 7) is 4.38. The van der Waals surface area contributed by atoms with E-state index in [9.17, 15) is 0 Å². The fourth-order valence-electron chi connectivity index (χ4n) is 9.44. The fourth-order valence-corrected chi connectivity index (χ4v) is 9.44. The summed E-state index contributed by atoms with van der Waals surface area (Å²) in [5, 5.41) is 2.39. The molecule has 0 bridgehead atoms. The van der Waals surface area contributed by atoms with Crippen molar-refractivity contribution in [1.82, 2.24) is 9.97 Å². The first-order chi connectivity index (χ1) is 31.1. The first-order valence-electron chi connectivity index (χ1n) is 21.9. The van der Waals surface area contributed by atoms with Crippen LogP contribution in [0, 0.1) is 13.8 Å². The van der Waals surface area contributed by atoms with Crippen molar-refractivity contribution < 1.29 is 0 Å². The summed E-state index contributed by atoms with van der Waals surface area (Å²) in [4.78, 5) is 13.8. The van der Waals surface area contributed by atoms with Crippen molar-refractivity contribution >= 4 is 44.9 Å². The van der Waals surface area contributed by atoms with E-state index in [0.717, 1.165) is 80.1 Å². The molecule has 10 aromatic rings. The maximum absolute atomic E-state index is 5.76. The van der Waals surface area contributed by atoms with Crippen LogP contribution in [0.4, 0.5) is 17.1 Å². The van der Waals surface area contributed by atoms with Gasteiger partial charge in [-0.25, -0.2) is 9.97 Å². The third kappa shape index (κ3) is 6.98. The van der Waals surface area contributed by atoms with Crippen LogP contribution in [0.5, 0.6) is 0 Å². The average molecular weight is 808 g/mol. The van der Waals surface area contributed by atoms with Gasteiger partial charge in [0.2, 0.25) is 0 Å². The Kier molecular flexibility index (Phi) is 9.78. The highest BCUT2D eigenvalue weighted by atomic mass is 15.1. The maximum Gasteiger partial charge on any atom is 0.0979 e. The SMILES string of the molecule is Cc1ccccc1-c1cc(N(c2ccccc2)c2ccc(-c3nc4c(-c5cccc6ccccc56)ccc(-c5cccc6c5C=CCC6)c4nc3-c3ccccc3)cc2)ccc1C. The Labute approximate surface area is 369 Å². The number of fused-ring (bicyclic) bond motifs is 3. The minimum absolute atomic E-state index is 0.845. The van der Waals surface area contributed by atoms with E-state index in [4.69, 9.17) is 9.97 Å². The summed E-state index contributed by atoms with van der Waals surface area (Å²) >= 11 is 0. The number of para-hydroxylation sites is 1. The minimum Gasteiger partial charge on any atom is -0.310 e. The van der Waals surface area contributed by atoms with Crippen molar-refractivity contribution in [3.05, 3.63) is 229 Å². The van der Waals surface area contributed by atoms with E-state index in [-0.39, 0.29) is 0 Å². The smallest absolute Gasteiger partial charge is 0.0979 e. The van der Waals surface area contributed by atoms with Crippen molar-refractivity contribution in [2.75, 3.05) is 4.90 Å². The van der Waals surface area contributed by atoms with E-state index in [1.165, 1.54) is 49.7 Å². The number of aryl methyl sites for hydroxylation is 3. The van der Waals surface area contributed by atoms with Crippen molar-refractivity contribution in [2.24, 2.45) is 0 Å². The molecule has 0 amide bonds. The topological polar surface area (TPSA) is 29.0 Å². The lowest BCUT2D eigenvalue weighted by molar-refractivity contribution is 0.986. The molecule has 1 aliphatic carbocycles. The number of allylic oxidation sites excluding steroid dienone is 1. The molecule has 11 rings (SSSR count). The van der Waals surface area contributed by atoms with Crippen LogP contribution in [0.15, 0.2) is 206 Å². The molecule has 1 aliphatic rings. The Balaban J connectivity index is 1.13. The molecule has 0 radical (unpaired) electrons. The van der Waals surface area contributed by atoms with Crippen LogP contribution >= 0.6 is 0 Å². The van der Waals surface area contributed by atoms with Crippen molar-refractivity contribution in [2.45, 2.75) is 26.7 Å². The summed E-state index contributed by atoms with van der Waals surface area (Å²) in [6.07, 6.45) is 6.67. The molecule has 0 N–H and O–H groups in total. The van der Waals surface area contributed by atoms with Crippen LogP contribution in [0.3, 0.4) is 0 Å². The van der Waals surface area contributed by atoms with Gasteiger partial charge in [0.15, 0.2) is 0 Å². The second-order valence-electron chi connectivity index (χ2n) is 16.5. The zero-order valence-corrected chi connectivity index (χ0v) is 35.5. The van der Waals surface area contributed by atoms with Gasteiger partial charge in [-0.05, 0) is 118 Å². The van der Waals surface area contributed by atoms with E-state index in [1.54, 1.807) is 0 Å². The highest BCUT2D eigenvalue weighted by Crippen LogP contribution is 2.44. The van der Waals surface area contributed by atoms with Crippen molar-refractivity contribution in [3.63, 3.8) is 0 Å². The molecular weight excluding hydrogens is 763 g/mol.